The SMILES string of the molecule is C=C(C)c1cnc(C)c(NC)n1. The van der Waals surface area contributed by atoms with Crippen molar-refractivity contribution in [2.45, 2.75) is 13.8 Å². The van der Waals surface area contributed by atoms with Gasteiger partial charge in [-0.2, -0.15) is 0 Å². The van der Waals surface area contributed by atoms with Crippen LogP contribution < -0.4 is 5.32 Å². The Morgan fingerprint density at radius 3 is 2.75 bits per heavy atom. The summed E-state index contributed by atoms with van der Waals surface area (Å²) in [6.45, 7) is 7.63. The molecule has 0 saturated heterocycles. The first-order valence-corrected chi connectivity index (χ1v) is 3.82. The van der Waals surface area contributed by atoms with Crippen molar-refractivity contribution in [1.29, 1.82) is 0 Å². The van der Waals surface area contributed by atoms with Crippen molar-refractivity contribution >= 4 is 11.4 Å². The minimum absolute atomic E-state index is 0.815. The van der Waals surface area contributed by atoms with Gasteiger partial charge in [0.2, 0.25) is 0 Å². The van der Waals surface area contributed by atoms with Crippen molar-refractivity contribution in [3.63, 3.8) is 0 Å². The van der Waals surface area contributed by atoms with Crippen LogP contribution in [-0.4, -0.2) is 17.0 Å². The van der Waals surface area contributed by atoms with Crippen molar-refractivity contribution in [3.05, 3.63) is 24.2 Å². The van der Waals surface area contributed by atoms with E-state index >= 15 is 0 Å². The van der Waals surface area contributed by atoms with E-state index in [0.29, 0.717) is 0 Å². The van der Waals surface area contributed by atoms with Crippen LogP contribution in [0, 0.1) is 6.92 Å². The molecule has 1 heterocycles. The molecule has 0 fully saturated rings. The van der Waals surface area contributed by atoms with Gasteiger partial charge in [-0.05, 0) is 19.4 Å². The summed E-state index contributed by atoms with van der Waals surface area (Å²) in [6, 6.07) is 0. The molecule has 0 aliphatic heterocycles. The minimum atomic E-state index is 0.815. The molecule has 0 atom stereocenters. The van der Waals surface area contributed by atoms with E-state index in [1.807, 2.05) is 20.9 Å². The van der Waals surface area contributed by atoms with Crippen LogP contribution in [0.3, 0.4) is 0 Å². The molecule has 1 N–H and O–H groups in total. The Bertz CT molecular complexity index is 305. The summed E-state index contributed by atoms with van der Waals surface area (Å²) in [5.74, 6) is 0.815. The summed E-state index contributed by atoms with van der Waals surface area (Å²) < 4.78 is 0. The Hall–Kier alpha value is -1.38. The van der Waals surface area contributed by atoms with E-state index < -0.39 is 0 Å². The normalized spacial score (nSPS) is 9.58. The zero-order valence-corrected chi connectivity index (χ0v) is 7.68. The lowest BCUT2D eigenvalue weighted by atomic mass is 10.2. The van der Waals surface area contributed by atoms with Gasteiger partial charge in [-0.1, -0.05) is 6.58 Å². The lowest BCUT2D eigenvalue weighted by Gasteiger charge is -2.05. The number of allylic oxidation sites excluding steroid dienone is 1. The average Bonchev–Trinajstić information content (AvgIpc) is 2.05. The van der Waals surface area contributed by atoms with E-state index in [9.17, 15) is 0 Å². The molecule has 3 heteroatoms. The molecule has 1 aromatic heterocycles. The largest absolute Gasteiger partial charge is 0.372 e. The van der Waals surface area contributed by atoms with Gasteiger partial charge in [0, 0.05) is 7.05 Å². The maximum Gasteiger partial charge on any atom is 0.147 e. The first-order chi connectivity index (χ1) is 5.65. The molecule has 0 unspecified atom stereocenters. The second-order valence-corrected chi connectivity index (χ2v) is 2.72. The lowest BCUT2D eigenvalue weighted by Crippen LogP contribution is -2.00. The number of hydrogen-bond donors (Lipinski definition) is 1. The molecule has 1 aromatic rings. The van der Waals surface area contributed by atoms with Crippen molar-refractivity contribution in [3.8, 4) is 0 Å². The molecular formula is C9H13N3. The molecule has 3 nitrogen and oxygen atoms in total. The molecule has 12 heavy (non-hydrogen) atoms. The molecule has 0 bridgehead atoms. The fraction of sp³-hybridized carbons (Fsp3) is 0.333. The molecule has 0 aromatic carbocycles. The fourth-order valence-electron chi connectivity index (χ4n) is 0.892. The monoisotopic (exact) mass is 163 g/mol. The standard InChI is InChI=1S/C9H13N3/c1-6(2)8-5-11-7(3)9(10-4)12-8/h5H,1H2,2-4H3,(H,10,12). The van der Waals surface area contributed by atoms with Crippen molar-refractivity contribution in [2.24, 2.45) is 0 Å². The summed E-state index contributed by atoms with van der Waals surface area (Å²) in [4.78, 5) is 8.50. The number of rotatable bonds is 2. The first-order valence-electron chi connectivity index (χ1n) is 3.82. The lowest BCUT2D eigenvalue weighted by molar-refractivity contribution is 1.09. The first kappa shape index (κ1) is 8.71. The number of anilines is 1. The van der Waals surface area contributed by atoms with Crippen LogP contribution in [0.2, 0.25) is 0 Å². The van der Waals surface area contributed by atoms with Gasteiger partial charge < -0.3 is 5.32 Å². The van der Waals surface area contributed by atoms with Crippen LogP contribution in [0.25, 0.3) is 5.57 Å². The predicted octanol–water partition coefficient (Wildman–Crippen LogP) is 1.86. The molecule has 1 rings (SSSR count). The smallest absolute Gasteiger partial charge is 0.147 e. The molecule has 0 aliphatic carbocycles. The van der Waals surface area contributed by atoms with E-state index in [4.69, 9.17) is 0 Å². The minimum Gasteiger partial charge on any atom is -0.372 e. The topological polar surface area (TPSA) is 37.8 Å². The highest BCUT2D eigenvalue weighted by Crippen LogP contribution is 2.12. The number of hydrogen-bond acceptors (Lipinski definition) is 3. The highest BCUT2D eigenvalue weighted by molar-refractivity contribution is 5.59. The van der Waals surface area contributed by atoms with Crippen molar-refractivity contribution < 1.29 is 0 Å². The van der Waals surface area contributed by atoms with Crippen LogP contribution in [0.15, 0.2) is 12.8 Å². The third-order valence-corrected chi connectivity index (χ3v) is 1.63. The average molecular weight is 163 g/mol. The maximum atomic E-state index is 4.32. The summed E-state index contributed by atoms with van der Waals surface area (Å²) in [5, 5.41) is 2.98. The summed E-state index contributed by atoms with van der Waals surface area (Å²) in [6.07, 6.45) is 1.73. The zero-order valence-electron chi connectivity index (χ0n) is 7.68. The molecule has 0 aliphatic rings. The molecule has 64 valence electrons. The number of aromatic nitrogens is 2. The van der Waals surface area contributed by atoms with Crippen molar-refractivity contribution in [2.75, 3.05) is 12.4 Å². The summed E-state index contributed by atoms with van der Waals surface area (Å²) in [7, 11) is 1.83. The zero-order chi connectivity index (χ0) is 9.14. The number of aryl methyl sites for hydroxylation is 1. The van der Waals surface area contributed by atoms with Crippen LogP contribution in [0.5, 0.6) is 0 Å². The fourth-order valence-corrected chi connectivity index (χ4v) is 0.892. The van der Waals surface area contributed by atoms with Gasteiger partial charge in [0.1, 0.15) is 5.82 Å². The van der Waals surface area contributed by atoms with E-state index in [-0.39, 0.29) is 0 Å². The number of nitrogens with zero attached hydrogens (tertiary/aromatic N) is 2. The van der Waals surface area contributed by atoms with E-state index in [2.05, 4.69) is 21.9 Å². The predicted molar refractivity (Wildman–Crippen MR) is 51.0 cm³/mol. The maximum absolute atomic E-state index is 4.32. The summed E-state index contributed by atoms with van der Waals surface area (Å²) >= 11 is 0. The molecule has 0 saturated carbocycles. The van der Waals surface area contributed by atoms with Gasteiger partial charge in [-0.25, -0.2) is 4.98 Å². The molecular weight excluding hydrogens is 150 g/mol. The second kappa shape index (κ2) is 3.34. The van der Waals surface area contributed by atoms with Crippen LogP contribution in [0.4, 0.5) is 5.82 Å². The second-order valence-electron chi connectivity index (χ2n) is 2.72. The van der Waals surface area contributed by atoms with Crippen LogP contribution in [-0.2, 0) is 0 Å². The van der Waals surface area contributed by atoms with Gasteiger partial charge in [0.15, 0.2) is 0 Å². The van der Waals surface area contributed by atoms with Gasteiger partial charge >= 0.3 is 0 Å². The molecule has 0 radical (unpaired) electrons. The third-order valence-electron chi connectivity index (χ3n) is 1.63. The molecule has 0 amide bonds. The highest BCUT2D eigenvalue weighted by Gasteiger charge is 2.01. The molecule has 0 spiro atoms. The Morgan fingerprint density at radius 1 is 1.58 bits per heavy atom. The highest BCUT2D eigenvalue weighted by atomic mass is 15.0. The van der Waals surface area contributed by atoms with Crippen LogP contribution in [0.1, 0.15) is 18.3 Å². The number of nitrogens with one attached hydrogen (secondary N) is 1. The van der Waals surface area contributed by atoms with E-state index in [0.717, 1.165) is 22.8 Å². The van der Waals surface area contributed by atoms with Gasteiger partial charge in [-0.3, -0.25) is 4.98 Å². The van der Waals surface area contributed by atoms with Crippen molar-refractivity contribution in [1.82, 2.24) is 9.97 Å². The van der Waals surface area contributed by atoms with E-state index in [1.165, 1.54) is 0 Å². The quantitative estimate of drug-likeness (QED) is 0.723. The summed E-state index contributed by atoms with van der Waals surface area (Å²) in [5.41, 5.74) is 2.67. The van der Waals surface area contributed by atoms with Crippen LogP contribution >= 0.6 is 0 Å². The van der Waals surface area contributed by atoms with Gasteiger partial charge in [0.25, 0.3) is 0 Å². The Labute approximate surface area is 72.6 Å². The van der Waals surface area contributed by atoms with E-state index in [1.54, 1.807) is 6.20 Å². The van der Waals surface area contributed by atoms with Gasteiger partial charge in [0.05, 0.1) is 17.6 Å². The Balaban J connectivity index is 3.13. The van der Waals surface area contributed by atoms with Gasteiger partial charge in [-0.15, -0.1) is 0 Å². The Kier molecular flexibility index (Phi) is 2.43. The third kappa shape index (κ3) is 1.61. The Morgan fingerprint density at radius 2 is 2.25 bits per heavy atom.